The first-order chi connectivity index (χ1) is 15.1. The molecule has 7 atom stereocenters. The third kappa shape index (κ3) is 6.12. The van der Waals surface area contributed by atoms with Crippen molar-refractivity contribution in [2.24, 2.45) is 5.92 Å². The van der Waals surface area contributed by atoms with Crippen LogP contribution in [0.5, 0.6) is 0 Å². The minimum absolute atomic E-state index is 0.0515. The van der Waals surface area contributed by atoms with Crippen molar-refractivity contribution in [1.29, 1.82) is 0 Å². The average Bonchev–Trinajstić information content (AvgIpc) is 3.17. The number of phosphoric acid groups is 3. The summed E-state index contributed by atoms with van der Waals surface area (Å²) in [7, 11) is -17.8. The molecule has 3 rings (SSSR count). The summed E-state index contributed by atoms with van der Waals surface area (Å²) in [6, 6.07) is 0. The van der Waals surface area contributed by atoms with Gasteiger partial charge in [-0.1, -0.05) is 0 Å². The summed E-state index contributed by atoms with van der Waals surface area (Å²) < 4.78 is 51.2. The van der Waals surface area contributed by atoms with Crippen molar-refractivity contribution in [3.63, 3.8) is 0 Å². The number of rotatable bonds is 9. The number of aromatic nitrogens is 4. The fourth-order valence-electron chi connectivity index (χ4n) is 3.00. The van der Waals surface area contributed by atoms with E-state index in [0.29, 0.717) is 0 Å². The molecule has 22 heteroatoms. The lowest BCUT2D eigenvalue weighted by Gasteiger charge is -2.33. The zero-order chi connectivity index (χ0) is 24.8. The van der Waals surface area contributed by atoms with Crippen molar-refractivity contribution in [3.8, 4) is 0 Å². The number of imidazole rings is 1. The van der Waals surface area contributed by atoms with Crippen LogP contribution in [0.15, 0.2) is 6.33 Å². The van der Waals surface area contributed by atoms with E-state index in [1.807, 2.05) is 0 Å². The molecule has 0 radical (unpaired) electrons. The molecule has 1 aliphatic rings. The van der Waals surface area contributed by atoms with Crippen LogP contribution >= 0.6 is 23.5 Å². The van der Waals surface area contributed by atoms with Crippen molar-refractivity contribution in [3.05, 3.63) is 6.33 Å². The molecule has 7 N–H and O–H groups in total. The highest BCUT2D eigenvalue weighted by molar-refractivity contribution is 7.65. The number of phosphoric ester groups is 1. The Morgan fingerprint density at radius 1 is 1.15 bits per heavy atom. The quantitative estimate of drug-likeness (QED) is 0.194. The van der Waals surface area contributed by atoms with Crippen molar-refractivity contribution >= 4 is 46.4 Å². The maximum Gasteiger partial charge on any atom is 0.280 e. The van der Waals surface area contributed by atoms with Crippen LogP contribution in [0.25, 0.3) is 11.2 Å². The van der Waals surface area contributed by atoms with Gasteiger partial charge in [-0.25, -0.2) is 13.6 Å². The molecule has 0 spiro atoms. The zero-order valence-corrected chi connectivity index (χ0v) is 18.7. The van der Waals surface area contributed by atoms with Gasteiger partial charge in [0.1, 0.15) is 11.6 Å². The van der Waals surface area contributed by atoms with Gasteiger partial charge in [-0.3, -0.25) is 18.3 Å². The van der Waals surface area contributed by atoms with E-state index in [1.165, 1.54) is 10.9 Å². The van der Waals surface area contributed by atoms with E-state index in [2.05, 4.69) is 28.1 Å². The van der Waals surface area contributed by atoms with Gasteiger partial charge in [0.15, 0.2) is 17.7 Å². The summed E-state index contributed by atoms with van der Waals surface area (Å²) in [6.07, 6.45) is -2.95. The van der Waals surface area contributed by atoms with Crippen LogP contribution in [-0.2, 0) is 31.6 Å². The minimum atomic E-state index is -6.09. The number of hydrogen-bond acceptors (Lipinski definition) is 17. The molecule has 2 aromatic heterocycles. The monoisotopic (exact) mass is 533 g/mol. The van der Waals surface area contributed by atoms with Crippen LogP contribution < -0.4 is 26.1 Å². The van der Waals surface area contributed by atoms with E-state index in [-0.39, 0.29) is 22.9 Å². The fourth-order valence-corrected chi connectivity index (χ4v) is 5.90. The topological polar surface area (TPSA) is 314 Å². The Kier molecular flexibility index (Phi) is 7.29. The minimum Gasteiger partial charge on any atom is -0.756 e. The number of hydrogen-bond donors (Lipinski definition) is 5. The van der Waals surface area contributed by atoms with E-state index < -0.39 is 61.0 Å². The molecular formula is C11H16N6O13P3-3. The van der Waals surface area contributed by atoms with Gasteiger partial charge in [0.05, 0.1) is 25.6 Å². The third-order valence-electron chi connectivity index (χ3n) is 4.27. The number of nitrogens with zero attached hydrogens (tertiary/aromatic N) is 4. The van der Waals surface area contributed by atoms with Crippen molar-refractivity contribution in [1.82, 2.24) is 19.5 Å². The molecule has 1 aliphatic heterocycles. The van der Waals surface area contributed by atoms with Gasteiger partial charge in [0.2, 0.25) is 5.95 Å². The number of nitrogen functional groups attached to an aromatic ring is 2. The van der Waals surface area contributed by atoms with Gasteiger partial charge in [-0.05, 0) is 0 Å². The van der Waals surface area contributed by atoms with E-state index >= 15 is 0 Å². The predicted molar refractivity (Wildman–Crippen MR) is 97.8 cm³/mol. The first-order valence-electron chi connectivity index (χ1n) is 8.55. The van der Waals surface area contributed by atoms with Crippen LogP contribution in [0.2, 0.25) is 0 Å². The van der Waals surface area contributed by atoms with Gasteiger partial charge < -0.3 is 50.5 Å². The van der Waals surface area contributed by atoms with Crippen molar-refractivity contribution in [2.45, 2.75) is 18.4 Å². The molecule has 0 amide bonds. The first-order valence-corrected chi connectivity index (χ1v) is 13.0. The number of aliphatic hydroxyl groups excluding tert-OH is 2. The molecule has 2 aromatic rings. The molecule has 0 aromatic carbocycles. The summed E-state index contributed by atoms with van der Waals surface area (Å²) >= 11 is 0. The molecule has 0 aliphatic carbocycles. The molecule has 186 valence electrons. The molecule has 3 heterocycles. The summed E-state index contributed by atoms with van der Waals surface area (Å²) in [4.78, 5) is 53.5. The Bertz CT molecular complexity index is 1170. The molecule has 1 saturated heterocycles. The van der Waals surface area contributed by atoms with E-state index in [4.69, 9.17) is 21.1 Å². The highest BCUT2D eigenvalue weighted by Crippen LogP contribution is 2.61. The fraction of sp³-hybridized carbons (Fsp3) is 0.545. The summed E-state index contributed by atoms with van der Waals surface area (Å²) in [5.41, 5.74) is 11.4. The molecular weight excluding hydrogens is 517 g/mol. The van der Waals surface area contributed by atoms with Crippen molar-refractivity contribution < 1.29 is 61.4 Å². The molecule has 33 heavy (non-hydrogen) atoms. The number of nitrogens with two attached hydrogens (primary N) is 2. The second-order valence-electron chi connectivity index (χ2n) is 6.52. The Hall–Kier alpha value is -1.56. The van der Waals surface area contributed by atoms with Gasteiger partial charge in [-0.2, -0.15) is 9.97 Å². The van der Waals surface area contributed by atoms with E-state index in [0.717, 1.165) is 0 Å². The summed E-state index contributed by atoms with van der Waals surface area (Å²) in [5, 5.41) is 20.1. The Labute approximate surface area is 183 Å². The first kappa shape index (κ1) is 26.1. The Morgan fingerprint density at radius 2 is 1.82 bits per heavy atom. The lowest BCUT2D eigenvalue weighted by molar-refractivity contribution is -0.250. The van der Waals surface area contributed by atoms with E-state index in [9.17, 15) is 38.6 Å². The van der Waals surface area contributed by atoms with Crippen molar-refractivity contribution in [2.75, 3.05) is 24.7 Å². The number of anilines is 2. The summed E-state index contributed by atoms with van der Waals surface area (Å²) in [5.74, 6) is -1.44. The zero-order valence-electron chi connectivity index (χ0n) is 16.0. The predicted octanol–water partition coefficient (Wildman–Crippen LogP) is -3.70. The van der Waals surface area contributed by atoms with Gasteiger partial charge in [0.25, 0.3) is 23.5 Å². The van der Waals surface area contributed by atoms with Crippen LogP contribution in [0.3, 0.4) is 0 Å². The standard InChI is InChI=1S/C11H19N6O13P3/c12-8-6-9(16-11(13)15-8)17(3-14-6)10-7(19)4(1-18)5(28-10)2-27-32(23,24)30-33(25,26)29-31(20,21)22/h3-5,7,10,18-19H,1-2H2,(H,23,24)(H,25,26)(H2,20,21,22)(H4,12,13,15,16)/p-3/t4-,5-,7-,10-/m1/s1. The third-order valence-corrected chi connectivity index (χ3v) is 7.96. The largest absolute Gasteiger partial charge is 0.756 e. The molecule has 3 unspecified atom stereocenters. The SMILES string of the molecule is Nc1nc(N)c2ncn([C@@H]3O[C@H](COP(=O)([O-])OP(=O)([O-])OP(=O)([O-])O)[C@@H](CO)[C@H]3O)c2n1. The van der Waals surface area contributed by atoms with Crippen LogP contribution in [0, 0.1) is 5.92 Å². The second kappa shape index (κ2) is 9.24. The maximum atomic E-state index is 11.7. The highest BCUT2D eigenvalue weighted by Gasteiger charge is 2.45. The van der Waals surface area contributed by atoms with Crippen LogP contribution in [0.4, 0.5) is 11.8 Å². The Morgan fingerprint density at radius 3 is 2.42 bits per heavy atom. The summed E-state index contributed by atoms with van der Waals surface area (Å²) in [6.45, 7) is -1.71. The number of ether oxygens (including phenoxy) is 1. The van der Waals surface area contributed by atoms with Gasteiger partial charge >= 0.3 is 0 Å². The lowest BCUT2D eigenvalue weighted by atomic mass is 9.99. The van der Waals surface area contributed by atoms with Crippen LogP contribution in [0.1, 0.15) is 6.23 Å². The normalized spacial score (nSPS) is 28.9. The van der Waals surface area contributed by atoms with Gasteiger partial charge in [-0.15, -0.1) is 0 Å². The van der Waals surface area contributed by atoms with E-state index in [1.54, 1.807) is 0 Å². The Balaban J connectivity index is 1.76. The molecule has 1 fully saturated rings. The average molecular weight is 533 g/mol. The second-order valence-corrected chi connectivity index (χ2v) is 10.8. The molecule has 0 bridgehead atoms. The van der Waals surface area contributed by atoms with Crippen LogP contribution in [-0.4, -0.2) is 60.0 Å². The molecule has 19 nitrogen and oxygen atoms in total. The van der Waals surface area contributed by atoms with Gasteiger partial charge in [0, 0.05) is 5.92 Å². The lowest BCUT2D eigenvalue weighted by Crippen LogP contribution is -2.31. The number of aliphatic hydroxyl groups is 2. The smallest absolute Gasteiger partial charge is 0.280 e. The maximum absolute atomic E-state index is 11.7. The molecule has 0 saturated carbocycles. The highest BCUT2D eigenvalue weighted by atomic mass is 31.3. The number of fused-ring (bicyclic) bond motifs is 1.